The number of hydrogen-bond donors (Lipinski definition) is 0. The Morgan fingerprint density at radius 2 is 0.857 bits per heavy atom. The fourth-order valence-electron chi connectivity index (χ4n) is 7.48. The summed E-state index contributed by atoms with van der Waals surface area (Å²) in [5, 5.41) is 2.92. The van der Waals surface area contributed by atoms with E-state index in [1.54, 1.807) is 0 Å². The molecule has 0 aliphatic heterocycles. The van der Waals surface area contributed by atoms with E-state index in [4.69, 9.17) is 33.8 Å². The Morgan fingerprint density at radius 1 is 0.321 bits per heavy atom. The van der Waals surface area contributed by atoms with Gasteiger partial charge in [-0.3, -0.25) is 0 Å². The van der Waals surface area contributed by atoms with E-state index in [9.17, 15) is 0 Å². The molecule has 0 aliphatic carbocycles. The zero-order chi connectivity index (χ0) is 37.0. The number of benzene rings is 7. The highest BCUT2D eigenvalue weighted by Crippen LogP contribution is 2.41. The molecule has 4 heterocycles. The van der Waals surface area contributed by atoms with Crippen molar-refractivity contribution in [3.8, 4) is 67.9 Å². The molecule has 262 valence electrons. The molecule has 7 aromatic carbocycles. The standard InChI is InChI=1S/C49H29N5O2/c1-4-14-30(15-5-1)46-50-43(45-44(51-46)37-22-10-11-24-39(37)56-45)34-21-12-20-33(28-34)36-23-13-25-41-42(36)38-29-35(26-27-40(38)55-41)49-53-47(31-16-6-2-7-17-31)52-48(54-49)32-18-8-3-9-19-32/h1-29H. The van der Waals surface area contributed by atoms with Crippen molar-refractivity contribution in [2.45, 2.75) is 0 Å². The van der Waals surface area contributed by atoms with E-state index < -0.39 is 0 Å². The highest BCUT2D eigenvalue weighted by atomic mass is 16.3. The van der Waals surface area contributed by atoms with Crippen molar-refractivity contribution in [2.75, 3.05) is 0 Å². The molecule has 0 radical (unpaired) electrons. The maximum atomic E-state index is 6.47. The molecule has 7 heteroatoms. The number of hydrogen-bond acceptors (Lipinski definition) is 7. The van der Waals surface area contributed by atoms with Crippen LogP contribution in [0.1, 0.15) is 0 Å². The van der Waals surface area contributed by atoms with Crippen LogP contribution in [0.2, 0.25) is 0 Å². The van der Waals surface area contributed by atoms with E-state index in [0.717, 1.165) is 83.1 Å². The van der Waals surface area contributed by atoms with Crippen molar-refractivity contribution in [3.63, 3.8) is 0 Å². The molecule has 56 heavy (non-hydrogen) atoms. The number of aromatic nitrogens is 5. The number of fused-ring (bicyclic) bond motifs is 6. The third-order valence-electron chi connectivity index (χ3n) is 10.2. The lowest BCUT2D eigenvalue weighted by atomic mass is 9.96. The van der Waals surface area contributed by atoms with E-state index in [0.29, 0.717) is 28.9 Å². The zero-order valence-corrected chi connectivity index (χ0v) is 29.8. The molecule has 4 aromatic heterocycles. The second kappa shape index (κ2) is 13.0. The Kier molecular flexibility index (Phi) is 7.35. The van der Waals surface area contributed by atoms with Gasteiger partial charge in [0.25, 0.3) is 0 Å². The van der Waals surface area contributed by atoms with Gasteiger partial charge in [-0.2, -0.15) is 0 Å². The van der Waals surface area contributed by atoms with Crippen LogP contribution in [0.15, 0.2) is 185 Å². The van der Waals surface area contributed by atoms with Crippen molar-refractivity contribution >= 4 is 44.0 Å². The first kappa shape index (κ1) is 31.7. The fourth-order valence-corrected chi connectivity index (χ4v) is 7.48. The van der Waals surface area contributed by atoms with Crippen molar-refractivity contribution in [2.24, 2.45) is 0 Å². The molecule has 0 N–H and O–H groups in total. The molecule has 0 fully saturated rings. The Bertz CT molecular complexity index is 3190. The molecule has 11 aromatic rings. The van der Waals surface area contributed by atoms with Gasteiger partial charge in [0.1, 0.15) is 28.0 Å². The normalized spacial score (nSPS) is 11.6. The Morgan fingerprint density at radius 3 is 1.55 bits per heavy atom. The zero-order valence-electron chi connectivity index (χ0n) is 29.8. The average Bonchev–Trinajstić information content (AvgIpc) is 3.85. The Balaban J connectivity index is 1.08. The maximum absolute atomic E-state index is 6.47. The minimum atomic E-state index is 0.585. The minimum Gasteiger partial charge on any atom is -0.456 e. The number of nitrogens with zero attached hydrogens (tertiary/aromatic N) is 5. The lowest BCUT2D eigenvalue weighted by Crippen LogP contribution is -2.00. The fraction of sp³-hybridized carbons (Fsp3) is 0. The second-order valence-corrected chi connectivity index (χ2v) is 13.6. The van der Waals surface area contributed by atoms with Crippen molar-refractivity contribution in [3.05, 3.63) is 176 Å². The molecule has 0 saturated heterocycles. The number of rotatable bonds is 6. The molecule has 7 nitrogen and oxygen atoms in total. The molecule has 0 aliphatic rings. The lowest BCUT2D eigenvalue weighted by Gasteiger charge is -2.10. The summed E-state index contributed by atoms with van der Waals surface area (Å²) < 4.78 is 12.9. The van der Waals surface area contributed by atoms with Gasteiger partial charge in [0.2, 0.25) is 0 Å². The summed E-state index contributed by atoms with van der Waals surface area (Å²) in [6.45, 7) is 0. The van der Waals surface area contributed by atoms with E-state index in [2.05, 4.69) is 36.4 Å². The molecule has 0 amide bonds. The van der Waals surface area contributed by atoms with Crippen LogP contribution in [0.5, 0.6) is 0 Å². The Hall–Kier alpha value is -7.77. The number of para-hydroxylation sites is 1. The largest absolute Gasteiger partial charge is 0.456 e. The van der Waals surface area contributed by atoms with Crippen LogP contribution < -0.4 is 0 Å². The van der Waals surface area contributed by atoms with Gasteiger partial charge in [-0.15, -0.1) is 0 Å². The highest BCUT2D eigenvalue weighted by molar-refractivity contribution is 6.13. The van der Waals surface area contributed by atoms with E-state index in [-0.39, 0.29) is 0 Å². The van der Waals surface area contributed by atoms with Gasteiger partial charge in [-0.25, -0.2) is 24.9 Å². The van der Waals surface area contributed by atoms with Crippen LogP contribution in [0.3, 0.4) is 0 Å². The van der Waals surface area contributed by atoms with Crippen molar-refractivity contribution < 1.29 is 8.83 Å². The van der Waals surface area contributed by atoms with Gasteiger partial charge >= 0.3 is 0 Å². The van der Waals surface area contributed by atoms with Crippen LogP contribution in [-0.2, 0) is 0 Å². The summed E-state index contributed by atoms with van der Waals surface area (Å²) in [7, 11) is 0. The topological polar surface area (TPSA) is 90.7 Å². The molecule has 11 rings (SSSR count). The molecular formula is C49H29N5O2. The van der Waals surface area contributed by atoms with Crippen molar-refractivity contribution in [1.29, 1.82) is 0 Å². The monoisotopic (exact) mass is 719 g/mol. The van der Waals surface area contributed by atoms with Gasteiger partial charge in [0.05, 0.1) is 0 Å². The maximum Gasteiger partial charge on any atom is 0.180 e. The van der Waals surface area contributed by atoms with Crippen LogP contribution in [0, 0.1) is 0 Å². The first-order valence-corrected chi connectivity index (χ1v) is 18.4. The molecule has 0 bridgehead atoms. The molecule has 0 atom stereocenters. The third-order valence-corrected chi connectivity index (χ3v) is 10.2. The average molecular weight is 720 g/mol. The van der Waals surface area contributed by atoms with Gasteiger partial charge in [0, 0.05) is 44.0 Å². The van der Waals surface area contributed by atoms with Crippen LogP contribution >= 0.6 is 0 Å². The van der Waals surface area contributed by atoms with E-state index in [1.165, 1.54) is 0 Å². The molecule has 0 unspecified atom stereocenters. The van der Waals surface area contributed by atoms with Gasteiger partial charge in [0.15, 0.2) is 28.9 Å². The van der Waals surface area contributed by atoms with E-state index >= 15 is 0 Å². The molecular weight excluding hydrogens is 691 g/mol. The van der Waals surface area contributed by atoms with Crippen LogP contribution in [0.4, 0.5) is 0 Å². The first-order chi connectivity index (χ1) is 27.7. The van der Waals surface area contributed by atoms with Gasteiger partial charge in [-0.05, 0) is 53.6 Å². The summed E-state index contributed by atoms with van der Waals surface area (Å²) in [5.74, 6) is 2.46. The Labute approximate surface area is 320 Å². The summed E-state index contributed by atoms with van der Waals surface area (Å²) >= 11 is 0. The predicted molar refractivity (Wildman–Crippen MR) is 223 cm³/mol. The highest BCUT2D eigenvalue weighted by Gasteiger charge is 2.20. The minimum absolute atomic E-state index is 0.585. The van der Waals surface area contributed by atoms with Crippen LogP contribution in [0.25, 0.3) is 112 Å². The molecule has 0 spiro atoms. The lowest BCUT2D eigenvalue weighted by molar-refractivity contribution is 0.667. The van der Waals surface area contributed by atoms with Gasteiger partial charge < -0.3 is 8.83 Å². The second-order valence-electron chi connectivity index (χ2n) is 13.6. The summed E-state index contributed by atoms with van der Waals surface area (Å²) in [4.78, 5) is 25.0. The third kappa shape index (κ3) is 5.41. The summed E-state index contributed by atoms with van der Waals surface area (Å²) in [6.07, 6.45) is 0. The number of furan rings is 2. The van der Waals surface area contributed by atoms with Crippen molar-refractivity contribution in [1.82, 2.24) is 24.9 Å². The predicted octanol–water partition coefficient (Wildman–Crippen LogP) is 12.5. The summed E-state index contributed by atoms with van der Waals surface area (Å²) in [5.41, 5.74) is 11.1. The van der Waals surface area contributed by atoms with E-state index in [1.807, 2.05) is 140 Å². The first-order valence-electron chi connectivity index (χ1n) is 18.4. The summed E-state index contributed by atoms with van der Waals surface area (Å²) in [6, 6.07) is 58.9. The smallest absolute Gasteiger partial charge is 0.180 e. The van der Waals surface area contributed by atoms with Gasteiger partial charge in [-0.1, -0.05) is 133 Å². The SMILES string of the molecule is c1ccc(-c2nc(-c3ccccc3)nc(-c3ccc4oc5cccc(-c6cccc(-c7nc(-c8ccccc8)nc8c7oc7ccccc78)c6)c5c4c3)n2)cc1. The quantitative estimate of drug-likeness (QED) is 0.169. The molecule has 0 saturated carbocycles. The van der Waals surface area contributed by atoms with Crippen LogP contribution in [-0.4, -0.2) is 24.9 Å².